The second kappa shape index (κ2) is 7.48. The summed E-state index contributed by atoms with van der Waals surface area (Å²) in [6.07, 6.45) is 8.83. The summed E-state index contributed by atoms with van der Waals surface area (Å²) < 4.78 is 10.7. The molecule has 0 aliphatic heterocycles. The molecule has 110 valence electrons. The minimum atomic E-state index is 0.355. The Balaban J connectivity index is 2.09. The van der Waals surface area contributed by atoms with Crippen LogP contribution in [-0.2, 0) is 0 Å². The van der Waals surface area contributed by atoms with E-state index in [0.717, 1.165) is 29.0 Å². The molecule has 0 aliphatic carbocycles. The first-order chi connectivity index (χ1) is 10.2. The predicted molar refractivity (Wildman–Crippen MR) is 85.8 cm³/mol. The summed E-state index contributed by atoms with van der Waals surface area (Å²) in [7, 11) is 3.38. The molecule has 1 atom stereocenters. The number of ether oxygens (including phenoxy) is 2. The predicted octanol–water partition coefficient (Wildman–Crippen LogP) is 4.31. The Hall–Kier alpha value is -2.29. The first-order valence-corrected chi connectivity index (χ1v) is 7.03. The van der Waals surface area contributed by atoms with E-state index in [2.05, 4.69) is 24.1 Å². The summed E-state index contributed by atoms with van der Waals surface area (Å²) in [5.41, 5.74) is 2.33. The average Bonchev–Trinajstić information content (AvgIpc) is 2.55. The van der Waals surface area contributed by atoms with Gasteiger partial charge in [-0.1, -0.05) is 19.1 Å². The Morgan fingerprint density at radius 2 is 1.86 bits per heavy atom. The Morgan fingerprint density at radius 1 is 1.10 bits per heavy atom. The van der Waals surface area contributed by atoms with Gasteiger partial charge in [0.2, 0.25) is 0 Å². The van der Waals surface area contributed by atoms with Crippen molar-refractivity contribution >= 4 is 6.08 Å². The molecule has 0 aliphatic rings. The van der Waals surface area contributed by atoms with Gasteiger partial charge in [-0.3, -0.25) is 4.98 Å². The third-order valence-electron chi connectivity index (χ3n) is 3.47. The summed E-state index contributed by atoms with van der Waals surface area (Å²) in [6, 6.07) is 9.91. The number of rotatable bonds is 6. The van der Waals surface area contributed by atoms with Gasteiger partial charge in [-0.15, -0.1) is 0 Å². The Labute approximate surface area is 126 Å². The average molecular weight is 283 g/mol. The van der Waals surface area contributed by atoms with Crippen LogP contribution < -0.4 is 9.47 Å². The van der Waals surface area contributed by atoms with Gasteiger partial charge in [0.1, 0.15) is 11.5 Å². The quantitative estimate of drug-likeness (QED) is 0.791. The van der Waals surface area contributed by atoms with Crippen molar-refractivity contribution in [3.63, 3.8) is 0 Å². The van der Waals surface area contributed by atoms with Gasteiger partial charge in [0.15, 0.2) is 0 Å². The zero-order valence-electron chi connectivity index (χ0n) is 12.7. The molecule has 1 heterocycles. The van der Waals surface area contributed by atoms with Crippen LogP contribution in [0, 0.1) is 0 Å². The molecule has 2 rings (SSSR count). The molecule has 0 fully saturated rings. The molecular formula is C18H21NO2. The first kappa shape index (κ1) is 15.1. The van der Waals surface area contributed by atoms with Crippen molar-refractivity contribution in [2.75, 3.05) is 14.2 Å². The lowest BCUT2D eigenvalue weighted by molar-refractivity contribution is 0.396. The molecule has 1 aromatic heterocycles. The minimum Gasteiger partial charge on any atom is -0.497 e. The van der Waals surface area contributed by atoms with Gasteiger partial charge >= 0.3 is 0 Å². The van der Waals surface area contributed by atoms with Crippen LogP contribution in [0.1, 0.15) is 30.4 Å². The number of hydrogen-bond acceptors (Lipinski definition) is 3. The number of allylic oxidation sites excluding steroid dienone is 1. The highest BCUT2D eigenvalue weighted by Gasteiger charge is 2.11. The van der Waals surface area contributed by atoms with Crippen molar-refractivity contribution in [1.82, 2.24) is 4.98 Å². The first-order valence-electron chi connectivity index (χ1n) is 7.03. The summed E-state index contributed by atoms with van der Waals surface area (Å²) in [6.45, 7) is 2.19. The topological polar surface area (TPSA) is 31.4 Å². The van der Waals surface area contributed by atoms with Gasteiger partial charge in [0.25, 0.3) is 0 Å². The van der Waals surface area contributed by atoms with Gasteiger partial charge in [0, 0.05) is 18.0 Å². The van der Waals surface area contributed by atoms with Crippen LogP contribution in [0.5, 0.6) is 11.5 Å². The highest BCUT2D eigenvalue weighted by molar-refractivity contribution is 5.48. The molecule has 0 N–H and O–H groups in total. The van der Waals surface area contributed by atoms with E-state index in [0.29, 0.717) is 5.92 Å². The second-order valence-corrected chi connectivity index (χ2v) is 4.93. The number of hydrogen-bond donors (Lipinski definition) is 0. The standard InChI is InChI=1S/C18H21NO2/c1-14(5-4-6-15-9-11-19-12-10-15)17-13-16(20-2)7-8-18(17)21-3/h4,6-14H,5H2,1-3H3. The maximum absolute atomic E-state index is 5.44. The van der Waals surface area contributed by atoms with Gasteiger partial charge < -0.3 is 9.47 Å². The van der Waals surface area contributed by atoms with Crippen LogP contribution in [0.4, 0.5) is 0 Å². The Kier molecular flexibility index (Phi) is 5.38. The molecule has 3 nitrogen and oxygen atoms in total. The molecule has 21 heavy (non-hydrogen) atoms. The number of aromatic nitrogens is 1. The largest absolute Gasteiger partial charge is 0.497 e. The van der Waals surface area contributed by atoms with Crippen LogP contribution in [0.2, 0.25) is 0 Å². The summed E-state index contributed by atoms with van der Waals surface area (Å²) >= 11 is 0. The maximum Gasteiger partial charge on any atom is 0.122 e. The SMILES string of the molecule is COc1ccc(OC)c(C(C)CC=Cc2ccncc2)c1. The molecule has 0 saturated carbocycles. The van der Waals surface area contributed by atoms with Crippen LogP contribution in [-0.4, -0.2) is 19.2 Å². The highest BCUT2D eigenvalue weighted by atomic mass is 16.5. The van der Waals surface area contributed by atoms with E-state index in [1.54, 1.807) is 26.6 Å². The molecule has 0 bridgehead atoms. The highest BCUT2D eigenvalue weighted by Crippen LogP contribution is 2.32. The van der Waals surface area contributed by atoms with Crippen LogP contribution in [0.15, 0.2) is 48.8 Å². The van der Waals surface area contributed by atoms with E-state index in [1.807, 2.05) is 30.3 Å². The fraction of sp³-hybridized carbons (Fsp3) is 0.278. The van der Waals surface area contributed by atoms with Crippen molar-refractivity contribution in [2.45, 2.75) is 19.3 Å². The Bertz CT molecular complexity index is 593. The summed E-state index contributed by atoms with van der Waals surface area (Å²) in [4.78, 5) is 4.01. The molecule has 0 saturated heterocycles. The minimum absolute atomic E-state index is 0.355. The zero-order chi connectivity index (χ0) is 15.1. The molecule has 1 aromatic carbocycles. The van der Waals surface area contributed by atoms with Crippen LogP contribution in [0.25, 0.3) is 6.08 Å². The van der Waals surface area contributed by atoms with Gasteiger partial charge in [-0.05, 0) is 48.2 Å². The maximum atomic E-state index is 5.44. The molecule has 1 unspecified atom stereocenters. The van der Waals surface area contributed by atoms with Gasteiger partial charge in [-0.2, -0.15) is 0 Å². The van der Waals surface area contributed by atoms with E-state index in [1.165, 1.54) is 0 Å². The lowest BCUT2D eigenvalue weighted by atomic mass is 9.96. The van der Waals surface area contributed by atoms with Crippen LogP contribution in [0.3, 0.4) is 0 Å². The monoisotopic (exact) mass is 283 g/mol. The lowest BCUT2D eigenvalue weighted by Crippen LogP contribution is -1.98. The molecule has 0 radical (unpaired) electrons. The fourth-order valence-electron chi connectivity index (χ4n) is 2.23. The van der Waals surface area contributed by atoms with Gasteiger partial charge in [0.05, 0.1) is 14.2 Å². The smallest absolute Gasteiger partial charge is 0.122 e. The van der Waals surface area contributed by atoms with Crippen molar-refractivity contribution in [1.29, 1.82) is 0 Å². The Morgan fingerprint density at radius 3 is 2.52 bits per heavy atom. The van der Waals surface area contributed by atoms with Crippen molar-refractivity contribution < 1.29 is 9.47 Å². The van der Waals surface area contributed by atoms with Crippen LogP contribution >= 0.6 is 0 Å². The zero-order valence-corrected chi connectivity index (χ0v) is 12.7. The molecule has 2 aromatic rings. The van der Waals surface area contributed by atoms with Crippen molar-refractivity contribution in [2.24, 2.45) is 0 Å². The fourth-order valence-corrected chi connectivity index (χ4v) is 2.23. The molecular weight excluding hydrogens is 262 g/mol. The van der Waals surface area contributed by atoms with E-state index in [4.69, 9.17) is 9.47 Å². The molecule has 0 amide bonds. The van der Waals surface area contributed by atoms with E-state index >= 15 is 0 Å². The van der Waals surface area contributed by atoms with E-state index in [9.17, 15) is 0 Å². The third kappa shape index (κ3) is 4.09. The van der Waals surface area contributed by atoms with Gasteiger partial charge in [-0.25, -0.2) is 0 Å². The molecule has 0 spiro atoms. The summed E-state index contributed by atoms with van der Waals surface area (Å²) in [5.74, 6) is 2.12. The number of methoxy groups -OCH3 is 2. The molecule has 3 heteroatoms. The lowest BCUT2D eigenvalue weighted by Gasteiger charge is -2.15. The number of nitrogens with zero attached hydrogens (tertiary/aromatic N) is 1. The van der Waals surface area contributed by atoms with Crippen molar-refractivity contribution in [3.8, 4) is 11.5 Å². The van der Waals surface area contributed by atoms with Crippen molar-refractivity contribution in [3.05, 3.63) is 59.9 Å². The van der Waals surface area contributed by atoms with E-state index in [-0.39, 0.29) is 0 Å². The third-order valence-corrected chi connectivity index (χ3v) is 3.47. The normalized spacial score (nSPS) is 12.3. The summed E-state index contributed by atoms with van der Waals surface area (Å²) in [5, 5.41) is 0. The second-order valence-electron chi connectivity index (χ2n) is 4.93. The number of pyridine rings is 1. The number of benzene rings is 1. The van der Waals surface area contributed by atoms with E-state index < -0.39 is 0 Å².